The normalized spacial score (nSPS) is 14.2. The van der Waals surface area contributed by atoms with Gasteiger partial charge in [0.05, 0.1) is 0 Å². The van der Waals surface area contributed by atoms with Gasteiger partial charge in [-0.3, -0.25) is 0 Å². The van der Waals surface area contributed by atoms with Crippen molar-refractivity contribution in [3.8, 4) is 66.8 Å². The molecule has 0 aliphatic heterocycles. The highest BCUT2D eigenvalue weighted by atomic mass is 15.1. The molecule has 0 spiro atoms. The number of hydrogen-bond donors (Lipinski definition) is 0. The van der Waals surface area contributed by atoms with Crippen LogP contribution in [0.4, 0.5) is 34.1 Å². The number of rotatable bonds is 9. The van der Waals surface area contributed by atoms with Gasteiger partial charge in [0, 0.05) is 50.4 Å². The van der Waals surface area contributed by atoms with Crippen LogP contribution < -0.4 is 9.80 Å². The molecule has 0 heterocycles. The van der Waals surface area contributed by atoms with Crippen LogP contribution in [-0.4, -0.2) is 0 Å². The largest absolute Gasteiger partial charge is 0.310 e. The zero-order chi connectivity index (χ0) is 62.5. The molecular formula is C91H68N2. The summed E-state index contributed by atoms with van der Waals surface area (Å²) in [6.45, 7) is 14.5. The van der Waals surface area contributed by atoms with E-state index < -0.39 is 0 Å². The molecular weight excluding hydrogens is 1120 g/mol. The van der Waals surface area contributed by atoms with Crippen LogP contribution in [-0.2, 0) is 16.2 Å². The summed E-state index contributed by atoms with van der Waals surface area (Å²) in [5.41, 5.74) is 29.1. The van der Waals surface area contributed by atoms with E-state index in [-0.39, 0.29) is 16.2 Å². The molecule has 0 bridgehead atoms. The standard InChI is InChI=1S/C91H68N2/c1-89(2)81-33-21-20-32-71(81)72-45-40-70(56-86(72)89)93(66-30-14-9-15-31-66)69-42-47-76-80(55-69)88(64-37-44-74-78-49-60-25-17-19-27-62(60)51-85(78)91(5,6)83(74)53-64)75-46-41-68(92(65-28-12-8-13-29-65)67-38-34-58(35-39-67)57-22-10-7-11-23-57)54-79(75)87(76)63-36-43-73-77-48-59-24-16-18-26-61(59)50-84(77)90(3,4)82(73)52-63/h7-56H,1-6H3. The van der Waals surface area contributed by atoms with Crippen molar-refractivity contribution in [3.63, 3.8) is 0 Å². The molecule has 15 aromatic rings. The van der Waals surface area contributed by atoms with E-state index in [9.17, 15) is 0 Å². The molecule has 0 atom stereocenters. The number of nitrogens with zero attached hydrogens (tertiary/aromatic N) is 2. The minimum absolute atomic E-state index is 0.178. The van der Waals surface area contributed by atoms with Gasteiger partial charge >= 0.3 is 0 Å². The Bertz CT molecular complexity index is 5580. The van der Waals surface area contributed by atoms with E-state index in [2.05, 4.69) is 355 Å². The summed E-state index contributed by atoms with van der Waals surface area (Å²) in [6.07, 6.45) is 0. The van der Waals surface area contributed by atoms with Gasteiger partial charge in [-0.1, -0.05) is 236 Å². The Kier molecular flexibility index (Phi) is 12.1. The Morgan fingerprint density at radius 2 is 0.516 bits per heavy atom. The lowest BCUT2D eigenvalue weighted by Crippen LogP contribution is -2.16. The Morgan fingerprint density at radius 1 is 0.194 bits per heavy atom. The van der Waals surface area contributed by atoms with Crippen LogP contribution in [0.25, 0.3) is 110 Å². The predicted octanol–water partition coefficient (Wildman–Crippen LogP) is 25.2. The number of anilines is 6. The summed E-state index contributed by atoms with van der Waals surface area (Å²) in [5, 5.41) is 9.87. The first-order valence-corrected chi connectivity index (χ1v) is 32.9. The fraction of sp³-hybridized carbons (Fsp3) is 0.0989. The highest BCUT2D eigenvalue weighted by Crippen LogP contribution is 2.57. The lowest BCUT2D eigenvalue weighted by Gasteiger charge is -2.29. The molecule has 0 radical (unpaired) electrons. The SMILES string of the molecule is CC1(C)c2ccccc2-c2ccc(N(c3ccccc3)c3ccc4c(-c5ccc6c(c5)C(C)(C)c5cc7ccccc7cc5-6)c5cc(N(c6ccccc6)c6ccc(-c7ccccc7)cc6)ccc5c(-c5ccc6c(c5)C(C)(C)c5cc7ccccc7cc5-6)c4c3)cc21. The second kappa shape index (κ2) is 20.5. The maximum atomic E-state index is 2.55. The number of hydrogen-bond acceptors (Lipinski definition) is 2. The molecule has 0 amide bonds. The molecule has 0 fully saturated rings. The zero-order valence-corrected chi connectivity index (χ0v) is 53.3. The van der Waals surface area contributed by atoms with E-state index in [4.69, 9.17) is 0 Å². The number of benzene rings is 15. The highest BCUT2D eigenvalue weighted by molar-refractivity contribution is 6.23. The van der Waals surface area contributed by atoms with Crippen molar-refractivity contribution in [2.75, 3.05) is 9.80 Å². The summed E-state index contributed by atoms with van der Waals surface area (Å²) in [7, 11) is 0. The summed E-state index contributed by atoms with van der Waals surface area (Å²) >= 11 is 0. The smallest absolute Gasteiger partial charge is 0.0468 e. The van der Waals surface area contributed by atoms with E-state index in [0.717, 1.165) is 34.1 Å². The lowest BCUT2D eigenvalue weighted by atomic mass is 9.79. The first kappa shape index (κ1) is 54.8. The average Bonchev–Trinajstić information content (AvgIpc) is 1.70. The van der Waals surface area contributed by atoms with Crippen LogP contribution in [0.15, 0.2) is 303 Å². The van der Waals surface area contributed by atoms with Crippen molar-refractivity contribution in [1.29, 1.82) is 0 Å². The van der Waals surface area contributed by atoms with Crippen LogP contribution in [0.1, 0.15) is 74.9 Å². The first-order chi connectivity index (χ1) is 45.4. The molecule has 15 aromatic carbocycles. The number of para-hydroxylation sites is 2. The monoisotopic (exact) mass is 1190 g/mol. The van der Waals surface area contributed by atoms with Gasteiger partial charge in [0.25, 0.3) is 0 Å². The quantitative estimate of drug-likeness (QED) is 0.133. The van der Waals surface area contributed by atoms with Crippen LogP contribution in [0.2, 0.25) is 0 Å². The third kappa shape index (κ3) is 8.41. The molecule has 442 valence electrons. The molecule has 0 N–H and O–H groups in total. The third-order valence-corrected chi connectivity index (χ3v) is 21.3. The second-order valence-corrected chi connectivity index (χ2v) is 27.6. The van der Waals surface area contributed by atoms with Crippen LogP contribution >= 0.6 is 0 Å². The second-order valence-electron chi connectivity index (χ2n) is 27.6. The van der Waals surface area contributed by atoms with E-state index >= 15 is 0 Å². The molecule has 93 heavy (non-hydrogen) atoms. The molecule has 3 aliphatic rings. The van der Waals surface area contributed by atoms with Crippen LogP contribution in [0.3, 0.4) is 0 Å². The van der Waals surface area contributed by atoms with Gasteiger partial charge < -0.3 is 9.80 Å². The average molecular weight is 1190 g/mol. The topological polar surface area (TPSA) is 6.48 Å². The van der Waals surface area contributed by atoms with Gasteiger partial charge in [0.15, 0.2) is 0 Å². The number of fused-ring (bicyclic) bond motifs is 13. The van der Waals surface area contributed by atoms with Gasteiger partial charge in [-0.05, 0) is 252 Å². The lowest BCUT2D eigenvalue weighted by molar-refractivity contribution is 0.660. The van der Waals surface area contributed by atoms with Gasteiger partial charge in [-0.2, -0.15) is 0 Å². The molecule has 2 nitrogen and oxygen atoms in total. The molecule has 18 rings (SSSR count). The maximum absolute atomic E-state index is 2.55. The summed E-state index contributed by atoms with van der Waals surface area (Å²) in [4.78, 5) is 4.92. The van der Waals surface area contributed by atoms with Gasteiger partial charge in [-0.15, -0.1) is 0 Å². The Labute approximate surface area is 545 Å². The van der Waals surface area contributed by atoms with Crippen LogP contribution in [0.5, 0.6) is 0 Å². The fourth-order valence-electron chi connectivity index (χ4n) is 16.6. The molecule has 0 unspecified atom stereocenters. The van der Waals surface area contributed by atoms with Gasteiger partial charge in [-0.25, -0.2) is 0 Å². The van der Waals surface area contributed by atoms with E-state index in [1.807, 2.05) is 0 Å². The first-order valence-electron chi connectivity index (χ1n) is 32.9. The summed E-state index contributed by atoms with van der Waals surface area (Å²) < 4.78 is 0. The highest BCUT2D eigenvalue weighted by Gasteiger charge is 2.39. The Hall–Kier alpha value is -11.1. The Morgan fingerprint density at radius 3 is 1.03 bits per heavy atom. The van der Waals surface area contributed by atoms with Crippen molar-refractivity contribution >= 4 is 77.2 Å². The molecule has 0 saturated carbocycles. The van der Waals surface area contributed by atoms with Crippen molar-refractivity contribution in [3.05, 3.63) is 337 Å². The van der Waals surface area contributed by atoms with Gasteiger partial charge in [0.2, 0.25) is 0 Å². The molecule has 3 aliphatic carbocycles. The van der Waals surface area contributed by atoms with Crippen LogP contribution in [0, 0.1) is 0 Å². The molecule has 0 aromatic heterocycles. The Balaban J connectivity index is 0.923. The van der Waals surface area contributed by atoms with Crippen molar-refractivity contribution in [2.24, 2.45) is 0 Å². The van der Waals surface area contributed by atoms with Crippen molar-refractivity contribution in [2.45, 2.75) is 57.8 Å². The summed E-state index contributed by atoms with van der Waals surface area (Å²) in [5.74, 6) is 0. The van der Waals surface area contributed by atoms with E-state index in [0.29, 0.717) is 0 Å². The van der Waals surface area contributed by atoms with E-state index in [1.54, 1.807) is 0 Å². The zero-order valence-electron chi connectivity index (χ0n) is 53.3. The minimum atomic E-state index is -0.257. The third-order valence-electron chi connectivity index (χ3n) is 21.3. The molecule has 2 heteroatoms. The van der Waals surface area contributed by atoms with Gasteiger partial charge in [0.1, 0.15) is 0 Å². The maximum Gasteiger partial charge on any atom is 0.0468 e. The minimum Gasteiger partial charge on any atom is -0.310 e. The molecule has 0 saturated heterocycles. The predicted molar refractivity (Wildman–Crippen MR) is 395 cm³/mol. The summed E-state index contributed by atoms with van der Waals surface area (Å²) in [6, 6.07) is 115. The fourth-order valence-corrected chi connectivity index (χ4v) is 16.6. The van der Waals surface area contributed by atoms with Crippen molar-refractivity contribution in [1.82, 2.24) is 0 Å². The van der Waals surface area contributed by atoms with Crippen molar-refractivity contribution < 1.29 is 0 Å². The van der Waals surface area contributed by atoms with E-state index in [1.165, 1.54) is 143 Å².